The molecule has 20 heavy (non-hydrogen) atoms. The zero-order valence-corrected chi connectivity index (χ0v) is 14.1. The highest BCUT2D eigenvalue weighted by Crippen LogP contribution is 2.03. The number of carbonyl (C=O) groups is 1. The number of nitrogens with one attached hydrogen (secondary N) is 2. The molecule has 1 aromatic rings. The Kier molecular flexibility index (Phi) is 11.1. The Morgan fingerprint density at radius 1 is 1.05 bits per heavy atom. The first-order chi connectivity index (χ1) is 9.26. The molecule has 0 spiro atoms. The lowest BCUT2D eigenvalue weighted by molar-refractivity contribution is 0.244. The first kappa shape index (κ1) is 18.9. The second kappa shape index (κ2) is 11.7. The highest BCUT2D eigenvalue weighted by Gasteiger charge is 2.04. The van der Waals surface area contributed by atoms with E-state index in [9.17, 15) is 4.79 Å². The summed E-state index contributed by atoms with van der Waals surface area (Å²) < 4.78 is 0. The molecule has 0 bridgehead atoms. The lowest BCUT2D eigenvalue weighted by Crippen LogP contribution is -2.37. The number of halogens is 1. The Balaban J connectivity index is 0.00000361. The summed E-state index contributed by atoms with van der Waals surface area (Å²) in [5, 5.41) is 5.70. The van der Waals surface area contributed by atoms with Crippen molar-refractivity contribution >= 4 is 28.7 Å². The van der Waals surface area contributed by atoms with Crippen molar-refractivity contribution in [2.75, 3.05) is 31.5 Å². The van der Waals surface area contributed by atoms with Gasteiger partial charge in [0.2, 0.25) is 0 Å². The molecule has 4 nitrogen and oxygen atoms in total. The van der Waals surface area contributed by atoms with E-state index in [1.807, 2.05) is 30.3 Å². The number of benzene rings is 1. The molecular weight excluding hydrogens is 318 g/mol. The van der Waals surface area contributed by atoms with Gasteiger partial charge in [0.05, 0.1) is 0 Å². The minimum absolute atomic E-state index is 0. The van der Waals surface area contributed by atoms with E-state index >= 15 is 0 Å². The molecule has 0 heterocycles. The summed E-state index contributed by atoms with van der Waals surface area (Å²) in [6.07, 6.45) is 2.30. The van der Waals surface area contributed by atoms with Crippen LogP contribution >= 0.6 is 17.0 Å². The van der Waals surface area contributed by atoms with Crippen LogP contribution in [-0.4, -0.2) is 37.1 Å². The zero-order valence-electron chi connectivity index (χ0n) is 12.4. The van der Waals surface area contributed by atoms with Crippen LogP contribution in [0.5, 0.6) is 0 Å². The van der Waals surface area contributed by atoms with Crippen LogP contribution in [0, 0.1) is 0 Å². The minimum atomic E-state index is -0.140. The molecule has 2 N–H and O–H groups in total. The summed E-state index contributed by atoms with van der Waals surface area (Å²) in [6, 6.07) is 9.34. The van der Waals surface area contributed by atoms with Crippen molar-refractivity contribution < 1.29 is 4.79 Å². The summed E-state index contributed by atoms with van der Waals surface area (Å²) in [5.74, 6) is 0. The Morgan fingerprint density at radius 3 is 2.20 bits per heavy atom. The third-order valence-electron chi connectivity index (χ3n) is 2.82. The van der Waals surface area contributed by atoms with Crippen molar-refractivity contribution in [3.63, 3.8) is 0 Å². The first-order valence-corrected chi connectivity index (χ1v) is 7.08. The fraction of sp³-hybridized carbons (Fsp3) is 0.533. The number of hydrogen-bond acceptors (Lipinski definition) is 2. The monoisotopic (exact) mass is 343 g/mol. The van der Waals surface area contributed by atoms with Gasteiger partial charge in [-0.2, -0.15) is 0 Å². The number of urea groups is 1. The summed E-state index contributed by atoms with van der Waals surface area (Å²) in [5.41, 5.74) is 0.818. The summed E-state index contributed by atoms with van der Waals surface area (Å²) in [4.78, 5) is 14.0. The van der Waals surface area contributed by atoms with Crippen molar-refractivity contribution in [2.24, 2.45) is 0 Å². The molecule has 0 atom stereocenters. The van der Waals surface area contributed by atoms with E-state index in [2.05, 4.69) is 29.4 Å². The molecule has 1 rings (SSSR count). The van der Waals surface area contributed by atoms with E-state index in [1.165, 1.54) is 0 Å². The Morgan fingerprint density at radius 2 is 1.65 bits per heavy atom. The van der Waals surface area contributed by atoms with Gasteiger partial charge in [-0.25, -0.2) is 4.79 Å². The molecule has 0 aliphatic heterocycles. The lowest BCUT2D eigenvalue weighted by atomic mass is 10.3. The highest BCUT2D eigenvalue weighted by atomic mass is 79.9. The van der Waals surface area contributed by atoms with Crippen LogP contribution in [0.1, 0.15) is 26.7 Å². The predicted molar refractivity (Wildman–Crippen MR) is 90.8 cm³/mol. The maximum Gasteiger partial charge on any atom is 0.319 e. The van der Waals surface area contributed by atoms with Gasteiger partial charge in [0.15, 0.2) is 0 Å². The SMILES string of the molecule is Br.CCCN(CCC)CCNC(=O)Nc1ccccc1. The average Bonchev–Trinajstić information content (AvgIpc) is 2.40. The number of amides is 2. The lowest BCUT2D eigenvalue weighted by Gasteiger charge is -2.20. The Labute approximate surface area is 132 Å². The average molecular weight is 344 g/mol. The van der Waals surface area contributed by atoms with Gasteiger partial charge in [0, 0.05) is 18.8 Å². The van der Waals surface area contributed by atoms with E-state index in [1.54, 1.807) is 0 Å². The molecule has 0 radical (unpaired) electrons. The van der Waals surface area contributed by atoms with Gasteiger partial charge in [-0.15, -0.1) is 17.0 Å². The Hall–Kier alpha value is -1.07. The predicted octanol–water partition coefficient (Wildman–Crippen LogP) is 3.51. The third kappa shape index (κ3) is 8.17. The fourth-order valence-electron chi connectivity index (χ4n) is 1.99. The molecule has 0 aromatic heterocycles. The van der Waals surface area contributed by atoms with Crippen molar-refractivity contribution in [1.29, 1.82) is 0 Å². The van der Waals surface area contributed by atoms with Crippen LogP contribution in [-0.2, 0) is 0 Å². The van der Waals surface area contributed by atoms with Gasteiger partial charge in [0.1, 0.15) is 0 Å². The van der Waals surface area contributed by atoms with Gasteiger partial charge in [-0.05, 0) is 38.1 Å². The standard InChI is InChI=1S/C15H25N3O.BrH/c1-3-11-18(12-4-2)13-10-16-15(19)17-14-8-6-5-7-9-14;/h5-9H,3-4,10-13H2,1-2H3,(H2,16,17,19);1H. The van der Waals surface area contributed by atoms with E-state index in [-0.39, 0.29) is 23.0 Å². The van der Waals surface area contributed by atoms with E-state index < -0.39 is 0 Å². The molecular formula is C15H26BrN3O. The van der Waals surface area contributed by atoms with Gasteiger partial charge < -0.3 is 15.5 Å². The summed E-state index contributed by atoms with van der Waals surface area (Å²) in [7, 11) is 0. The minimum Gasteiger partial charge on any atom is -0.337 e. The maximum atomic E-state index is 11.7. The van der Waals surface area contributed by atoms with E-state index in [4.69, 9.17) is 0 Å². The maximum absolute atomic E-state index is 11.7. The van der Waals surface area contributed by atoms with Gasteiger partial charge >= 0.3 is 6.03 Å². The third-order valence-corrected chi connectivity index (χ3v) is 2.82. The molecule has 0 unspecified atom stereocenters. The smallest absolute Gasteiger partial charge is 0.319 e. The zero-order chi connectivity index (χ0) is 13.9. The molecule has 0 fully saturated rings. The molecule has 1 aromatic carbocycles. The second-order valence-corrected chi connectivity index (χ2v) is 4.59. The van der Waals surface area contributed by atoms with Crippen LogP contribution in [0.15, 0.2) is 30.3 Å². The fourth-order valence-corrected chi connectivity index (χ4v) is 1.99. The molecule has 0 aliphatic carbocycles. The van der Waals surface area contributed by atoms with E-state index in [0.29, 0.717) is 6.54 Å². The van der Waals surface area contributed by atoms with Crippen LogP contribution in [0.4, 0.5) is 10.5 Å². The molecule has 114 valence electrons. The van der Waals surface area contributed by atoms with Crippen LogP contribution in [0.25, 0.3) is 0 Å². The largest absolute Gasteiger partial charge is 0.337 e. The van der Waals surface area contributed by atoms with Crippen LogP contribution in [0.3, 0.4) is 0 Å². The topological polar surface area (TPSA) is 44.4 Å². The Bertz CT molecular complexity index is 353. The number of para-hydroxylation sites is 1. The number of nitrogens with zero attached hydrogens (tertiary/aromatic N) is 1. The molecule has 2 amide bonds. The van der Waals surface area contributed by atoms with Crippen LogP contribution in [0.2, 0.25) is 0 Å². The van der Waals surface area contributed by atoms with Gasteiger partial charge in [0.25, 0.3) is 0 Å². The molecule has 0 aliphatic rings. The van der Waals surface area contributed by atoms with Crippen molar-refractivity contribution in [3.8, 4) is 0 Å². The van der Waals surface area contributed by atoms with Crippen LogP contribution < -0.4 is 10.6 Å². The summed E-state index contributed by atoms with van der Waals surface area (Å²) >= 11 is 0. The van der Waals surface area contributed by atoms with Crippen molar-refractivity contribution in [1.82, 2.24) is 10.2 Å². The number of anilines is 1. The molecule has 5 heteroatoms. The molecule has 0 saturated heterocycles. The van der Waals surface area contributed by atoms with E-state index in [0.717, 1.165) is 38.2 Å². The normalized spacial score (nSPS) is 9.95. The number of rotatable bonds is 8. The summed E-state index contributed by atoms with van der Waals surface area (Å²) in [6.45, 7) is 8.13. The van der Waals surface area contributed by atoms with Crippen molar-refractivity contribution in [3.05, 3.63) is 30.3 Å². The quantitative estimate of drug-likeness (QED) is 0.758. The van der Waals surface area contributed by atoms with Crippen molar-refractivity contribution in [2.45, 2.75) is 26.7 Å². The number of carbonyl (C=O) groups excluding carboxylic acids is 1. The van der Waals surface area contributed by atoms with Gasteiger partial charge in [-0.1, -0.05) is 32.0 Å². The second-order valence-electron chi connectivity index (χ2n) is 4.59. The number of hydrogen-bond donors (Lipinski definition) is 2. The van der Waals surface area contributed by atoms with Gasteiger partial charge in [-0.3, -0.25) is 0 Å². The highest BCUT2D eigenvalue weighted by molar-refractivity contribution is 8.93. The first-order valence-electron chi connectivity index (χ1n) is 7.08. The molecule has 0 saturated carbocycles.